The van der Waals surface area contributed by atoms with Crippen molar-refractivity contribution in [2.75, 3.05) is 10.2 Å². The van der Waals surface area contributed by atoms with Gasteiger partial charge in [0.1, 0.15) is 5.82 Å². The van der Waals surface area contributed by atoms with Gasteiger partial charge in [-0.15, -0.1) is 0 Å². The highest BCUT2D eigenvalue weighted by Crippen LogP contribution is 2.27. The van der Waals surface area contributed by atoms with Gasteiger partial charge in [-0.25, -0.2) is 4.98 Å². The number of aryl methyl sites for hydroxylation is 1. The molecule has 1 N–H and O–H groups in total. The third-order valence-corrected chi connectivity index (χ3v) is 4.57. The second-order valence-electron chi connectivity index (χ2n) is 6.81. The maximum atomic E-state index is 4.81. The first-order valence-electron chi connectivity index (χ1n) is 9.63. The van der Waals surface area contributed by atoms with E-state index >= 15 is 0 Å². The summed E-state index contributed by atoms with van der Waals surface area (Å²) < 4.78 is 0. The first-order valence-corrected chi connectivity index (χ1v) is 9.63. The minimum Gasteiger partial charge on any atom is -0.350 e. The van der Waals surface area contributed by atoms with Gasteiger partial charge < -0.3 is 10.2 Å². The zero-order valence-electron chi connectivity index (χ0n) is 16.4. The molecule has 0 spiro atoms. The zero-order chi connectivity index (χ0) is 19.9. The van der Waals surface area contributed by atoms with Crippen LogP contribution >= 0.6 is 0 Å². The molecule has 0 aliphatic rings. The normalized spacial score (nSPS) is 10.5. The van der Waals surface area contributed by atoms with Gasteiger partial charge in [0.2, 0.25) is 5.95 Å². The number of pyridine rings is 1. The van der Waals surface area contributed by atoms with E-state index in [1.807, 2.05) is 49.4 Å². The lowest BCUT2D eigenvalue weighted by Crippen LogP contribution is -2.19. The molecule has 0 unspecified atom stereocenters. The standard InChI is InChI=1S/C24H23N5/c1-19-16-23(28-24(27-19)26-17-20-12-14-25-15-13-20)29(22-10-6-3-7-11-22)18-21-8-4-2-5-9-21/h2-16H,17-18H2,1H3,(H,26,27,28). The van der Waals surface area contributed by atoms with Gasteiger partial charge in [0.15, 0.2) is 0 Å². The highest BCUT2D eigenvalue weighted by Gasteiger charge is 2.14. The molecule has 4 aromatic rings. The Kier molecular flexibility index (Phi) is 5.76. The Morgan fingerprint density at radius 1 is 0.793 bits per heavy atom. The Bertz CT molecular complexity index is 1040. The summed E-state index contributed by atoms with van der Waals surface area (Å²) in [5, 5.41) is 3.34. The Morgan fingerprint density at radius 3 is 2.21 bits per heavy atom. The van der Waals surface area contributed by atoms with Gasteiger partial charge in [-0.1, -0.05) is 48.5 Å². The lowest BCUT2D eigenvalue weighted by molar-refractivity contribution is 0.925. The average Bonchev–Trinajstić information content (AvgIpc) is 2.78. The minimum atomic E-state index is 0.616. The molecule has 0 aliphatic carbocycles. The van der Waals surface area contributed by atoms with Crippen molar-refractivity contribution in [3.8, 4) is 0 Å². The van der Waals surface area contributed by atoms with Crippen LogP contribution in [0.2, 0.25) is 0 Å². The molecule has 0 amide bonds. The molecule has 0 radical (unpaired) electrons. The number of hydrogen-bond donors (Lipinski definition) is 1. The van der Waals surface area contributed by atoms with Crippen LogP contribution in [0.15, 0.2) is 91.3 Å². The smallest absolute Gasteiger partial charge is 0.225 e. The monoisotopic (exact) mass is 381 g/mol. The van der Waals surface area contributed by atoms with E-state index in [9.17, 15) is 0 Å². The Balaban J connectivity index is 1.64. The number of rotatable bonds is 7. The fourth-order valence-electron chi connectivity index (χ4n) is 3.13. The van der Waals surface area contributed by atoms with Gasteiger partial charge in [-0.05, 0) is 42.3 Å². The SMILES string of the molecule is Cc1cc(N(Cc2ccccc2)c2ccccc2)nc(NCc2ccncc2)n1. The molecule has 0 aliphatic heterocycles. The van der Waals surface area contributed by atoms with Gasteiger partial charge in [0, 0.05) is 42.9 Å². The topological polar surface area (TPSA) is 53.9 Å². The summed E-state index contributed by atoms with van der Waals surface area (Å²) in [6, 6.07) is 26.7. The van der Waals surface area contributed by atoms with E-state index in [2.05, 4.69) is 56.6 Å². The Hall–Kier alpha value is -3.73. The Morgan fingerprint density at radius 2 is 1.48 bits per heavy atom. The quantitative estimate of drug-likeness (QED) is 0.481. The van der Waals surface area contributed by atoms with E-state index in [-0.39, 0.29) is 0 Å². The van der Waals surface area contributed by atoms with E-state index in [1.165, 1.54) is 5.56 Å². The number of nitrogens with one attached hydrogen (secondary N) is 1. The van der Waals surface area contributed by atoms with E-state index in [0.29, 0.717) is 12.5 Å². The molecular weight excluding hydrogens is 358 g/mol. The molecule has 5 heteroatoms. The minimum absolute atomic E-state index is 0.616. The molecule has 0 fully saturated rings. The summed E-state index contributed by atoms with van der Waals surface area (Å²) in [7, 11) is 0. The second kappa shape index (κ2) is 8.97. The summed E-state index contributed by atoms with van der Waals surface area (Å²) in [4.78, 5) is 15.6. The van der Waals surface area contributed by atoms with E-state index in [1.54, 1.807) is 12.4 Å². The maximum absolute atomic E-state index is 4.81. The van der Waals surface area contributed by atoms with Crippen LogP contribution in [0.4, 0.5) is 17.5 Å². The molecule has 0 saturated heterocycles. The summed E-state index contributed by atoms with van der Waals surface area (Å²) in [6.07, 6.45) is 3.58. The summed E-state index contributed by atoms with van der Waals surface area (Å²) >= 11 is 0. The molecule has 0 bridgehead atoms. The van der Waals surface area contributed by atoms with Crippen LogP contribution in [0, 0.1) is 6.92 Å². The molecule has 4 rings (SSSR count). The molecule has 2 aromatic carbocycles. The van der Waals surface area contributed by atoms with Crippen molar-refractivity contribution < 1.29 is 0 Å². The van der Waals surface area contributed by atoms with Crippen LogP contribution in [-0.2, 0) is 13.1 Å². The predicted molar refractivity (Wildman–Crippen MR) is 117 cm³/mol. The van der Waals surface area contributed by atoms with Gasteiger partial charge in [0.05, 0.1) is 0 Å². The predicted octanol–water partition coefficient (Wildman–Crippen LogP) is 5.13. The molecule has 2 heterocycles. The van der Waals surface area contributed by atoms with Crippen molar-refractivity contribution in [1.82, 2.24) is 15.0 Å². The number of nitrogens with zero attached hydrogens (tertiary/aromatic N) is 4. The molecule has 0 saturated carbocycles. The summed E-state index contributed by atoms with van der Waals surface area (Å²) in [6.45, 7) is 3.37. The molecule has 2 aromatic heterocycles. The largest absolute Gasteiger partial charge is 0.350 e. The van der Waals surface area contributed by atoms with Crippen LogP contribution in [0.1, 0.15) is 16.8 Å². The van der Waals surface area contributed by atoms with Crippen molar-refractivity contribution in [3.63, 3.8) is 0 Å². The first kappa shape index (κ1) is 18.6. The second-order valence-corrected chi connectivity index (χ2v) is 6.81. The number of para-hydroxylation sites is 1. The van der Waals surface area contributed by atoms with Gasteiger partial charge in [0.25, 0.3) is 0 Å². The van der Waals surface area contributed by atoms with Crippen molar-refractivity contribution in [1.29, 1.82) is 0 Å². The summed E-state index contributed by atoms with van der Waals surface area (Å²) in [5.41, 5.74) is 4.37. The van der Waals surface area contributed by atoms with Crippen molar-refractivity contribution in [3.05, 3.63) is 108 Å². The van der Waals surface area contributed by atoms with E-state index in [4.69, 9.17) is 4.98 Å². The van der Waals surface area contributed by atoms with Crippen molar-refractivity contribution in [2.24, 2.45) is 0 Å². The molecule has 144 valence electrons. The number of anilines is 3. The highest BCUT2D eigenvalue weighted by molar-refractivity contribution is 5.61. The van der Waals surface area contributed by atoms with Crippen molar-refractivity contribution in [2.45, 2.75) is 20.0 Å². The molecule has 0 atom stereocenters. The lowest BCUT2D eigenvalue weighted by atomic mass is 10.2. The lowest BCUT2D eigenvalue weighted by Gasteiger charge is -2.25. The third kappa shape index (κ3) is 4.96. The average molecular weight is 381 g/mol. The third-order valence-electron chi connectivity index (χ3n) is 4.57. The van der Waals surface area contributed by atoms with Crippen molar-refractivity contribution >= 4 is 17.5 Å². The molecular formula is C24H23N5. The van der Waals surface area contributed by atoms with Gasteiger partial charge in [-0.3, -0.25) is 4.98 Å². The van der Waals surface area contributed by atoms with Crippen LogP contribution in [0.3, 0.4) is 0 Å². The first-order chi connectivity index (χ1) is 14.3. The van der Waals surface area contributed by atoms with Gasteiger partial charge >= 0.3 is 0 Å². The van der Waals surface area contributed by atoms with Crippen LogP contribution in [0.25, 0.3) is 0 Å². The number of hydrogen-bond acceptors (Lipinski definition) is 5. The molecule has 5 nitrogen and oxygen atoms in total. The van der Waals surface area contributed by atoms with E-state index in [0.717, 1.165) is 29.3 Å². The van der Waals surface area contributed by atoms with Crippen LogP contribution in [0.5, 0.6) is 0 Å². The number of benzene rings is 2. The van der Waals surface area contributed by atoms with E-state index < -0.39 is 0 Å². The Labute approximate surface area is 171 Å². The molecule has 29 heavy (non-hydrogen) atoms. The van der Waals surface area contributed by atoms with Gasteiger partial charge in [-0.2, -0.15) is 4.98 Å². The highest BCUT2D eigenvalue weighted by atomic mass is 15.2. The summed E-state index contributed by atoms with van der Waals surface area (Å²) in [5.74, 6) is 1.48. The fraction of sp³-hybridized carbons (Fsp3) is 0.125. The fourth-order valence-corrected chi connectivity index (χ4v) is 3.13. The number of aromatic nitrogens is 3. The van der Waals surface area contributed by atoms with Crippen LogP contribution < -0.4 is 10.2 Å². The zero-order valence-corrected chi connectivity index (χ0v) is 16.4. The maximum Gasteiger partial charge on any atom is 0.225 e. The van der Waals surface area contributed by atoms with Crippen LogP contribution in [-0.4, -0.2) is 15.0 Å².